The summed E-state index contributed by atoms with van der Waals surface area (Å²) < 4.78 is 10.2. The van der Waals surface area contributed by atoms with E-state index in [1.165, 1.54) is 12.0 Å². The second-order valence-electron chi connectivity index (χ2n) is 6.42. The predicted octanol–water partition coefficient (Wildman–Crippen LogP) is 2.45. The van der Waals surface area contributed by atoms with Crippen molar-refractivity contribution < 1.29 is 14.1 Å². The maximum atomic E-state index is 13.1. The molecule has 0 aliphatic carbocycles. The Morgan fingerprint density at radius 3 is 3.17 bits per heavy atom. The number of hydrogen-bond donors (Lipinski definition) is 0. The molecule has 2 aromatic rings. The molecule has 1 aromatic carbocycles. The van der Waals surface area contributed by atoms with Gasteiger partial charge in [0.05, 0.1) is 0 Å². The van der Waals surface area contributed by atoms with Gasteiger partial charge in [0.15, 0.2) is 11.5 Å². The topological polar surface area (TPSA) is 58.8 Å². The Bertz CT molecular complexity index is 743. The van der Waals surface area contributed by atoms with E-state index in [0.29, 0.717) is 30.6 Å². The number of anilines is 1. The van der Waals surface area contributed by atoms with E-state index >= 15 is 0 Å². The van der Waals surface area contributed by atoms with E-state index in [4.69, 9.17) is 9.26 Å². The van der Waals surface area contributed by atoms with Gasteiger partial charge in [-0.1, -0.05) is 23.4 Å². The van der Waals surface area contributed by atoms with Crippen LogP contribution in [0.4, 0.5) is 5.69 Å². The smallest absolute Gasteiger partial charge is 0.280 e. The van der Waals surface area contributed by atoms with E-state index in [9.17, 15) is 4.79 Å². The highest BCUT2D eigenvalue weighted by molar-refractivity contribution is 6.05. The molecule has 1 atom stereocenters. The summed E-state index contributed by atoms with van der Waals surface area (Å²) >= 11 is 0. The number of fused-ring (bicyclic) bond motifs is 2. The largest absolute Gasteiger partial charge is 0.377 e. The van der Waals surface area contributed by atoms with Crippen LogP contribution < -0.4 is 4.90 Å². The molecule has 1 saturated heterocycles. The monoisotopic (exact) mass is 327 g/mol. The molecule has 24 heavy (non-hydrogen) atoms. The first-order valence-corrected chi connectivity index (χ1v) is 8.34. The Kier molecular flexibility index (Phi) is 4.08. The molecule has 2 aliphatic rings. The SMILES string of the molecule is COCc1cc(C(=O)N2C[C@@H]3CCCN3Cc3ccccc32)no1. The fraction of sp³-hybridized carbons (Fsp3) is 0.444. The van der Waals surface area contributed by atoms with Crippen molar-refractivity contribution in [3.8, 4) is 0 Å². The van der Waals surface area contributed by atoms with E-state index in [1.54, 1.807) is 13.2 Å². The van der Waals surface area contributed by atoms with Crippen LogP contribution in [0.1, 0.15) is 34.7 Å². The highest BCUT2D eigenvalue weighted by Gasteiger charge is 2.34. The zero-order valence-electron chi connectivity index (χ0n) is 13.8. The summed E-state index contributed by atoms with van der Waals surface area (Å²) in [5, 5.41) is 3.94. The van der Waals surface area contributed by atoms with E-state index in [1.807, 2.05) is 23.1 Å². The van der Waals surface area contributed by atoms with Crippen molar-refractivity contribution in [2.24, 2.45) is 0 Å². The van der Waals surface area contributed by atoms with Gasteiger partial charge in [0.2, 0.25) is 0 Å². The molecular weight excluding hydrogens is 306 g/mol. The van der Waals surface area contributed by atoms with Gasteiger partial charge in [-0.2, -0.15) is 0 Å². The van der Waals surface area contributed by atoms with Crippen LogP contribution in [0.2, 0.25) is 0 Å². The average molecular weight is 327 g/mol. The first-order chi connectivity index (χ1) is 11.8. The number of ether oxygens (including phenoxy) is 1. The Morgan fingerprint density at radius 2 is 2.29 bits per heavy atom. The van der Waals surface area contributed by atoms with Gasteiger partial charge in [-0.05, 0) is 31.0 Å². The molecule has 1 fully saturated rings. The lowest BCUT2D eigenvalue weighted by atomic mass is 10.1. The lowest BCUT2D eigenvalue weighted by Gasteiger charge is -2.25. The van der Waals surface area contributed by atoms with Crippen LogP contribution >= 0.6 is 0 Å². The highest BCUT2D eigenvalue weighted by atomic mass is 16.5. The van der Waals surface area contributed by atoms with Gasteiger partial charge in [0.25, 0.3) is 5.91 Å². The Balaban J connectivity index is 1.68. The van der Waals surface area contributed by atoms with Gasteiger partial charge < -0.3 is 14.2 Å². The van der Waals surface area contributed by atoms with Gasteiger partial charge in [0.1, 0.15) is 6.61 Å². The van der Waals surface area contributed by atoms with Crippen molar-refractivity contribution in [2.75, 3.05) is 25.1 Å². The van der Waals surface area contributed by atoms with E-state index < -0.39 is 0 Å². The van der Waals surface area contributed by atoms with Crippen LogP contribution in [0.5, 0.6) is 0 Å². The second-order valence-corrected chi connectivity index (χ2v) is 6.42. The predicted molar refractivity (Wildman–Crippen MR) is 88.8 cm³/mol. The van der Waals surface area contributed by atoms with Crippen molar-refractivity contribution in [1.29, 1.82) is 0 Å². The first-order valence-electron chi connectivity index (χ1n) is 8.34. The van der Waals surface area contributed by atoms with Gasteiger partial charge in [0, 0.05) is 38.0 Å². The molecule has 4 rings (SSSR count). The summed E-state index contributed by atoms with van der Waals surface area (Å²) in [5.41, 5.74) is 2.51. The number of hydrogen-bond acceptors (Lipinski definition) is 5. The van der Waals surface area contributed by atoms with Gasteiger partial charge in [-0.25, -0.2) is 0 Å². The molecule has 0 radical (unpaired) electrons. The molecule has 1 amide bonds. The lowest BCUT2D eigenvalue weighted by Crippen LogP contribution is -2.40. The second kappa shape index (κ2) is 6.37. The number of rotatable bonds is 3. The van der Waals surface area contributed by atoms with Crippen LogP contribution in [0.25, 0.3) is 0 Å². The van der Waals surface area contributed by atoms with Gasteiger partial charge in [-0.3, -0.25) is 9.69 Å². The Labute approximate surface area is 141 Å². The molecule has 0 N–H and O–H groups in total. The third-order valence-corrected chi connectivity index (χ3v) is 4.86. The fourth-order valence-electron chi connectivity index (χ4n) is 3.70. The fourth-order valence-corrected chi connectivity index (χ4v) is 3.70. The molecule has 0 spiro atoms. The lowest BCUT2D eigenvalue weighted by molar-refractivity contribution is 0.0971. The summed E-state index contributed by atoms with van der Waals surface area (Å²) in [6, 6.07) is 10.2. The summed E-state index contributed by atoms with van der Waals surface area (Å²) in [5.74, 6) is 0.453. The molecule has 6 nitrogen and oxygen atoms in total. The highest BCUT2D eigenvalue weighted by Crippen LogP contribution is 2.32. The molecule has 0 saturated carbocycles. The van der Waals surface area contributed by atoms with Gasteiger partial charge in [-0.15, -0.1) is 0 Å². The van der Waals surface area contributed by atoms with Crippen LogP contribution in [-0.4, -0.2) is 42.2 Å². The zero-order valence-corrected chi connectivity index (χ0v) is 13.8. The van der Waals surface area contributed by atoms with Crippen LogP contribution in [-0.2, 0) is 17.9 Å². The Hall–Kier alpha value is -2.18. The maximum Gasteiger partial charge on any atom is 0.280 e. The number of carbonyl (C=O) groups excluding carboxylic acids is 1. The van der Waals surface area contributed by atoms with E-state index in [0.717, 1.165) is 25.2 Å². The molecule has 6 heteroatoms. The number of methoxy groups -OCH3 is 1. The molecular formula is C18H21N3O3. The first kappa shape index (κ1) is 15.4. The number of amides is 1. The average Bonchev–Trinajstić information content (AvgIpc) is 3.20. The molecule has 2 aliphatic heterocycles. The molecule has 0 unspecified atom stereocenters. The van der Waals surface area contributed by atoms with Gasteiger partial charge >= 0.3 is 0 Å². The van der Waals surface area contributed by atoms with Crippen LogP contribution in [0.3, 0.4) is 0 Å². The standard InChI is InChI=1S/C18H21N3O3/c1-23-12-15-9-16(19-24-15)18(22)21-11-14-6-4-8-20(14)10-13-5-2-3-7-17(13)21/h2-3,5,7,9,14H,4,6,8,10-12H2,1H3/t14-/m0/s1. The van der Waals surface area contributed by atoms with E-state index in [-0.39, 0.29) is 5.91 Å². The van der Waals surface area contributed by atoms with Crippen molar-refractivity contribution in [1.82, 2.24) is 10.1 Å². The number of carbonyl (C=O) groups is 1. The molecule has 3 heterocycles. The quantitative estimate of drug-likeness (QED) is 0.867. The van der Waals surface area contributed by atoms with Crippen molar-refractivity contribution in [3.63, 3.8) is 0 Å². The summed E-state index contributed by atoms with van der Waals surface area (Å²) in [4.78, 5) is 17.4. The van der Waals surface area contributed by atoms with Crippen molar-refractivity contribution in [3.05, 3.63) is 47.3 Å². The molecule has 1 aromatic heterocycles. The third-order valence-electron chi connectivity index (χ3n) is 4.86. The Morgan fingerprint density at radius 1 is 1.42 bits per heavy atom. The summed E-state index contributed by atoms with van der Waals surface area (Å²) in [7, 11) is 1.59. The minimum atomic E-state index is -0.109. The van der Waals surface area contributed by atoms with Crippen LogP contribution in [0, 0.1) is 0 Å². The zero-order chi connectivity index (χ0) is 16.5. The summed E-state index contributed by atoms with van der Waals surface area (Å²) in [6.07, 6.45) is 2.32. The molecule has 0 bridgehead atoms. The number of aromatic nitrogens is 1. The molecule has 126 valence electrons. The maximum absolute atomic E-state index is 13.1. The van der Waals surface area contributed by atoms with Crippen molar-refractivity contribution >= 4 is 11.6 Å². The normalized spacial score (nSPS) is 20.5. The minimum absolute atomic E-state index is 0.109. The number of nitrogens with zero attached hydrogens (tertiary/aromatic N) is 3. The number of benzene rings is 1. The van der Waals surface area contributed by atoms with Crippen LogP contribution in [0.15, 0.2) is 34.9 Å². The van der Waals surface area contributed by atoms with Crippen molar-refractivity contribution in [2.45, 2.75) is 32.0 Å². The summed E-state index contributed by atoms with van der Waals surface area (Å²) in [6.45, 7) is 3.01. The third kappa shape index (κ3) is 2.72. The van der Waals surface area contributed by atoms with E-state index in [2.05, 4.69) is 16.1 Å². The number of para-hydroxylation sites is 1. The minimum Gasteiger partial charge on any atom is -0.377 e.